The lowest BCUT2D eigenvalue weighted by atomic mass is 10.0. The summed E-state index contributed by atoms with van der Waals surface area (Å²) in [7, 11) is -4.07. The summed E-state index contributed by atoms with van der Waals surface area (Å²) in [6.07, 6.45) is 20.9. The Labute approximate surface area is 241 Å². The van der Waals surface area contributed by atoms with Crippen molar-refractivity contribution in [2.24, 2.45) is 0 Å². The molecule has 0 bridgehead atoms. The van der Waals surface area contributed by atoms with Crippen LogP contribution >= 0.6 is 7.60 Å². The van der Waals surface area contributed by atoms with Crippen LogP contribution in [-0.4, -0.2) is 51.8 Å². The highest BCUT2D eigenvalue weighted by Gasteiger charge is 2.14. The van der Waals surface area contributed by atoms with Gasteiger partial charge in [-0.3, -0.25) is 0 Å². The normalized spacial score (nSPS) is 13.8. The molecule has 2 rings (SSSR count). The summed E-state index contributed by atoms with van der Waals surface area (Å²) in [4.78, 5) is 24.5. The molecule has 40 heavy (non-hydrogen) atoms. The molecule has 0 aliphatic heterocycles. The van der Waals surface area contributed by atoms with Gasteiger partial charge in [0, 0.05) is 13.2 Å². The third-order valence-corrected chi connectivity index (χ3v) is 7.80. The van der Waals surface area contributed by atoms with E-state index in [0.717, 1.165) is 19.4 Å². The van der Waals surface area contributed by atoms with Crippen LogP contribution in [0.4, 0.5) is 5.82 Å². The fourth-order valence-electron chi connectivity index (χ4n) is 4.45. The quantitative estimate of drug-likeness (QED) is 0.0958. The number of nitrogens with two attached hydrogens (primary N) is 1. The number of aromatic nitrogens is 4. The second kappa shape index (κ2) is 22.0. The number of anilines is 1. The molecule has 0 amide bonds. The van der Waals surface area contributed by atoms with Crippen LogP contribution in [0.3, 0.4) is 0 Å². The van der Waals surface area contributed by atoms with E-state index in [-0.39, 0.29) is 18.9 Å². The largest absolute Gasteiger partial charge is 0.777 e. The first-order valence-corrected chi connectivity index (χ1v) is 16.7. The molecule has 0 fully saturated rings. The SMILES string of the molecule is CCCCCCCCCCCCCCCOCCCCOP(=O)([O-])COC(C)Cn1cnc2c(N)ncnc21.[NH4+]. The number of imidazole rings is 1. The Kier molecular flexibility index (Phi) is 20.1. The number of unbranched alkanes of at least 4 members (excludes halogenated alkanes) is 13. The predicted molar refractivity (Wildman–Crippen MR) is 160 cm³/mol. The van der Waals surface area contributed by atoms with Crippen molar-refractivity contribution in [2.45, 2.75) is 123 Å². The second-order valence-corrected chi connectivity index (χ2v) is 12.2. The Hall–Kier alpha value is -1.62. The molecule has 0 saturated heterocycles. The minimum Gasteiger partial charge on any atom is -0.777 e. The van der Waals surface area contributed by atoms with Gasteiger partial charge in [-0.25, -0.2) is 15.0 Å². The van der Waals surface area contributed by atoms with E-state index in [4.69, 9.17) is 19.7 Å². The first kappa shape index (κ1) is 36.4. The number of fused-ring (bicyclic) bond motifs is 1. The van der Waals surface area contributed by atoms with Crippen molar-refractivity contribution in [3.63, 3.8) is 0 Å². The van der Waals surface area contributed by atoms with Crippen molar-refractivity contribution < 1.29 is 23.5 Å². The Morgan fingerprint density at radius 2 is 1.43 bits per heavy atom. The number of rotatable bonds is 25. The van der Waals surface area contributed by atoms with Crippen LogP contribution in [0.15, 0.2) is 12.7 Å². The first-order chi connectivity index (χ1) is 18.9. The maximum absolute atomic E-state index is 12.2. The van der Waals surface area contributed by atoms with E-state index in [1.165, 1.54) is 83.4 Å². The van der Waals surface area contributed by atoms with E-state index < -0.39 is 13.9 Å². The second-order valence-electron chi connectivity index (χ2n) is 10.4. The fraction of sp³-hybridized carbons (Fsp3) is 0.821. The molecule has 2 aromatic heterocycles. The van der Waals surface area contributed by atoms with Gasteiger partial charge in [0.1, 0.15) is 18.2 Å². The Bertz CT molecular complexity index is 947. The number of ether oxygens (including phenoxy) is 2. The van der Waals surface area contributed by atoms with Crippen LogP contribution in [0.5, 0.6) is 0 Å². The molecule has 0 saturated carbocycles. The van der Waals surface area contributed by atoms with Crippen LogP contribution in [0.25, 0.3) is 11.2 Å². The van der Waals surface area contributed by atoms with Gasteiger partial charge in [0.05, 0.1) is 25.6 Å². The number of nitrogen functional groups attached to an aromatic ring is 1. The van der Waals surface area contributed by atoms with E-state index >= 15 is 0 Å². The monoisotopic (exact) mass is 586 g/mol. The van der Waals surface area contributed by atoms with Gasteiger partial charge in [-0.2, -0.15) is 0 Å². The van der Waals surface area contributed by atoms with E-state index in [0.29, 0.717) is 36.6 Å². The first-order valence-electron chi connectivity index (χ1n) is 15.0. The van der Waals surface area contributed by atoms with Crippen molar-refractivity contribution in [3.8, 4) is 0 Å². The van der Waals surface area contributed by atoms with E-state index in [9.17, 15) is 9.46 Å². The molecule has 2 unspecified atom stereocenters. The average Bonchev–Trinajstić information content (AvgIpc) is 3.32. The molecule has 0 aromatic carbocycles. The zero-order chi connectivity index (χ0) is 28.2. The van der Waals surface area contributed by atoms with Gasteiger partial charge in [-0.05, 0) is 26.2 Å². The highest BCUT2D eigenvalue weighted by molar-refractivity contribution is 7.51. The van der Waals surface area contributed by atoms with Gasteiger partial charge < -0.3 is 39.9 Å². The summed E-state index contributed by atoms with van der Waals surface area (Å²) < 4.78 is 30.2. The predicted octanol–water partition coefficient (Wildman–Crippen LogP) is 6.61. The minimum absolute atomic E-state index is 0. The Morgan fingerprint density at radius 3 is 2.05 bits per heavy atom. The lowest BCUT2D eigenvalue weighted by Crippen LogP contribution is -2.20. The molecule has 11 nitrogen and oxygen atoms in total. The van der Waals surface area contributed by atoms with E-state index in [1.807, 2.05) is 0 Å². The molecule has 2 atom stereocenters. The summed E-state index contributed by atoms with van der Waals surface area (Å²) >= 11 is 0. The highest BCUT2D eigenvalue weighted by atomic mass is 31.2. The van der Waals surface area contributed by atoms with Gasteiger partial charge in [-0.15, -0.1) is 0 Å². The maximum Gasteiger partial charge on any atom is 0.165 e. The topological polar surface area (TPSA) is 174 Å². The number of quaternary nitrogens is 1. The molecule has 6 N–H and O–H groups in total. The summed E-state index contributed by atoms with van der Waals surface area (Å²) in [5.41, 5.74) is 6.89. The van der Waals surface area contributed by atoms with Crippen LogP contribution in [0, 0.1) is 0 Å². The third-order valence-electron chi connectivity index (χ3n) is 6.76. The zero-order valence-electron chi connectivity index (χ0n) is 25.2. The van der Waals surface area contributed by atoms with Crippen molar-refractivity contribution >= 4 is 24.6 Å². The molecule has 2 heterocycles. The molecule has 2 aromatic rings. The fourth-order valence-corrected chi connectivity index (χ4v) is 5.37. The van der Waals surface area contributed by atoms with Crippen LogP contribution < -0.4 is 16.8 Å². The maximum atomic E-state index is 12.2. The van der Waals surface area contributed by atoms with Crippen molar-refractivity contribution in [2.75, 3.05) is 31.9 Å². The number of hydrogen-bond acceptors (Lipinski definition) is 9. The molecule has 0 aliphatic rings. The molecule has 0 spiro atoms. The Balaban J connectivity index is 0.00000800. The zero-order valence-corrected chi connectivity index (χ0v) is 26.1. The lowest BCUT2D eigenvalue weighted by Gasteiger charge is -2.25. The molecular formula is C28H55N6O5P. The summed E-state index contributed by atoms with van der Waals surface area (Å²) in [6.45, 7) is 5.97. The van der Waals surface area contributed by atoms with E-state index in [1.54, 1.807) is 17.8 Å². The van der Waals surface area contributed by atoms with Crippen molar-refractivity contribution in [1.82, 2.24) is 25.7 Å². The average molecular weight is 587 g/mol. The molecule has 232 valence electrons. The summed E-state index contributed by atoms with van der Waals surface area (Å²) in [6, 6.07) is 0. The summed E-state index contributed by atoms with van der Waals surface area (Å²) in [5.74, 6) is 0.301. The van der Waals surface area contributed by atoms with Crippen LogP contribution in [0.2, 0.25) is 0 Å². The Morgan fingerprint density at radius 1 is 0.875 bits per heavy atom. The minimum atomic E-state index is -4.07. The molecule has 0 aliphatic carbocycles. The molecule has 0 radical (unpaired) electrons. The van der Waals surface area contributed by atoms with Crippen LogP contribution in [-0.2, 0) is 25.1 Å². The highest BCUT2D eigenvalue weighted by Crippen LogP contribution is 2.37. The van der Waals surface area contributed by atoms with Gasteiger partial charge in [-0.1, -0.05) is 84.0 Å². The van der Waals surface area contributed by atoms with Crippen molar-refractivity contribution in [1.29, 1.82) is 0 Å². The standard InChI is InChI=1S/C28H52N5O5P.H3N/c1-3-4-5-6-7-8-9-10-11-12-13-14-15-18-36-19-16-17-20-38-39(34,35)24-37-25(2)21-33-23-32-26-27(29)30-22-31-28(26)33;/h22-23,25H,3-21,24H2,1-2H3,(H,34,35)(H2,29,30,31);1H3. The third kappa shape index (κ3) is 16.0. The lowest BCUT2D eigenvalue weighted by molar-refractivity contribution is -0.205. The smallest absolute Gasteiger partial charge is 0.165 e. The van der Waals surface area contributed by atoms with Gasteiger partial charge >= 0.3 is 0 Å². The van der Waals surface area contributed by atoms with Gasteiger partial charge in [0.2, 0.25) is 0 Å². The van der Waals surface area contributed by atoms with Crippen molar-refractivity contribution in [3.05, 3.63) is 12.7 Å². The van der Waals surface area contributed by atoms with Gasteiger partial charge in [0.25, 0.3) is 0 Å². The van der Waals surface area contributed by atoms with E-state index in [2.05, 4.69) is 21.9 Å². The van der Waals surface area contributed by atoms with Crippen LogP contribution in [0.1, 0.15) is 110 Å². The molecular weight excluding hydrogens is 531 g/mol. The molecule has 12 heteroatoms. The number of nitrogens with zero attached hydrogens (tertiary/aromatic N) is 4. The van der Waals surface area contributed by atoms with Gasteiger partial charge in [0.15, 0.2) is 19.1 Å². The number of hydrogen-bond donors (Lipinski definition) is 2. The summed E-state index contributed by atoms with van der Waals surface area (Å²) in [5, 5.41) is 0.